The minimum Gasteiger partial charge on any atom is -0.368 e. The van der Waals surface area contributed by atoms with E-state index in [0.29, 0.717) is 0 Å². The molecule has 0 unspecified atom stereocenters. The summed E-state index contributed by atoms with van der Waals surface area (Å²) in [6, 6.07) is 0. The van der Waals surface area contributed by atoms with Crippen LogP contribution in [0.15, 0.2) is 52.6 Å². The van der Waals surface area contributed by atoms with Gasteiger partial charge in [0.2, 0.25) is 17.8 Å². The Morgan fingerprint density at radius 3 is 0.706 bits per heavy atom. The Morgan fingerprint density at radius 2 is 0.588 bits per heavy atom. The number of anilines is 3. The van der Waals surface area contributed by atoms with Gasteiger partial charge in [-0.3, -0.25) is 0 Å². The average molecular weight is 238 g/mol. The molecule has 0 spiro atoms. The van der Waals surface area contributed by atoms with E-state index >= 15 is 0 Å². The smallest absolute Gasteiger partial charge is 0.226 e. The summed E-state index contributed by atoms with van der Waals surface area (Å²) >= 11 is 0. The van der Waals surface area contributed by atoms with Gasteiger partial charge in [-0.25, -0.2) is 0 Å². The highest BCUT2D eigenvalue weighted by molar-refractivity contribution is 5.33. The fraction of sp³-hybridized carbons (Fsp3) is 0. The maximum Gasteiger partial charge on any atom is 0.226 e. The summed E-state index contributed by atoms with van der Waals surface area (Å²) in [5.41, 5.74) is 15.4. The molecule has 0 amide bonds. The normalized spacial score (nSPS) is 5.88. The highest BCUT2D eigenvalue weighted by Crippen LogP contribution is 1.97. The van der Waals surface area contributed by atoms with Crippen molar-refractivity contribution in [3.63, 3.8) is 0 Å². The van der Waals surface area contributed by atoms with E-state index in [-0.39, 0.29) is 17.8 Å². The Morgan fingerprint density at radius 1 is 0.471 bits per heavy atom. The van der Waals surface area contributed by atoms with Crippen LogP contribution < -0.4 is 17.2 Å². The first-order chi connectivity index (χ1) is 8.18. The van der Waals surface area contributed by atoms with Crippen molar-refractivity contribution in [1.29, 1.82) is 0 Å². The predicted molar refractivity (Wildman–Crippen MR) is 78.1 cm³/mol. The number of nitrogen functional groups attached to an aromatic ring is 3. The van der Waals surface area contributed by atoms with Crippen LogP contribution in [-0.4, -0.2) is 15.0 Å². The molecule has 1 aromatic rings. The molecule has 96 valence electrons. The third-order valence-electron chi connectivity index (χ3n) is 0.687. The summed E-state index contributed by atoms with van der Waals surface area (Å²) in [5, 5.41) is 0. The summed E-state index contributed by atoms with van der Waals surface area (Å²) in [5.74, 6) is 0.125. The molecule has 0 saturated carbocycles. The monoisotopic (exact) mass is 238 g/mol. The molecule has 0 radical (unpaired) electrons. The molecule has 1 aromatic heterocycles. The van der Waals surface area contributed by atoms with Gasteiger partial charge in [-0.1, -0.05) is 0 Å². The van der Waals surface area contributed by atoms with Crippen LogP contribution in [0.5, 0.6) is 0 Å². The third-order valence-corrected chi connectivity index (χ3v) is 0.687. The van der Waals surface area contributed by atoms with Crippen molar-refractivity contribution in [2.45, 2.75) is 0 Å². The highest BCUT2D eigenvalue weighted by atomic mass is 15.2. The molecule has 0 saturated heterocycles. The lowest BCUT2D eigenvalue weighted by Gasteiger charge is -1.93. The number of nitrogens with zero attached hydrogens (tertiary/aromatic N) is 3. The van der Waals surface area contributed by atoms with Gasteiger partial charge in [0.25, 0.3) is 0 Å². The molecule has 0 aliphatic rings. The Bertz CT molecular complexity index is 218. The van der Waals surface area contributed by atoms with E-state index in [2.05, 4.69) is 67.6 Å². The van der Waals surface area contributed by atoms with Crippen molar-refractivity contribution in [2.24, 2.45) is 0 Å². The zero-order chi connectivity index (χ0) is 14.9. The fourth-order valence-corrected chi connectivity index (χ4v) is 0.427. The molecule has 1 rings (SSSR count). The molecule has 0 atom stereocenters. The Kier molecular flexibility index (Phi) is 32.7. The van der Waals surface area contributed by atoms with E-state index in [1.165, 1.54) is 0 Å². The van der Waals surface area contributed by atoms with E-state index in [0.717, 1.165) is 0 Å². The SMILES string of the molecule is C=C.C=C.C=C.C=C.Nc1nc(N)nc(N)n1. The first-order valence-electron chi connectivity index (χ1n) is 4.21. The predicted octanol–water partition coefficient (Wildman–Crippen LogP) is 1.83. The van der Waals surface area contributed by atoms with E-state index in [9.17, 15) is 0 Å². The van der Waals surface area contributed by atoms with E-state index in [4.69, 9.17) is 17.2 Å². The fourth-order valence-electron chi connectivity index (χ4n) is 0.427. The average Bonchev–Trinajstić information content (AvgIpc) is 2.37. The number of hydrogen-bond donors (Lipinski definition) is 3. The van der Waals surface area contributed by atoms with E-state index in [1.807, 2.05) is 0 Å². The Labute approximate surface area is 103 Å². The van der Waals surface area contributed by atoms with Gasteiger partial charge in [-0.2, -0.15) is 15.0 Å². The molecule has 6 heteroatoms. The first-order valence-corrected chi connectivity index (χ1v) is 4.21. The van der Waals surface area contributed by atoms with Crippen LogP contribution in [0.25, 0.3) is 0 Å². The van der Waals surface area contributed by atoms with Gasteiger partial charge in [-0.15, -0.1) is 52.6 Å². The summed E-state index contributed by atoms with van der Waals surface area (Å²) in [6.45, 7) is 24.0. The number of rotatable bonds is 0. The molecule has 6 nitrogen and oxygen atoms in total. The zero-order valence-electron chi connectivity index (χ0n) is 10.2. The van der Waals surface area contributed by atoms with Crippen molar-refractivity contribution in [3.8, 4) is 0 Å². The molecule has 17 heavy (non-hydrogen) atoms. The zero-order valence-corrected chi connectivity index (χ0v) is 10.2. The van der Waals surface area contributed by atoms with Crippen LogP contribution in [-0.2, 0) is 0 Å². The van der Waals surface area contributed by atoms with Crippen molar-refractivity contribution >= 4 is 17.8 Å². The molecule has 0 aliphatic carbocycles. The van der Waals surface area contributed by atoms with Gasteiger partial charge in [0.15, 0.2) is 0 Å². The number of nitrogens with two attached hydrogens (primary N) is 3. The first kappa shape index (κ1) is 23.9. The molecule has 6 N–H and O–H groups in total. The molecule has 0 bridgehead atoms. The third kappa shape index (κ3) is 19.7. The van der Waals surface area contributed by atoms with Crippen LogP contribution in [0.2, 0.25) is 0 Å². The van der Waals surface area contributed by atoms with E-state index in [1.54, 1.807) is 0 Å². The van der Waals surface area contributed by atoms with Crippen LogP contribution >= 0.6 is 0 Å². The van der Waals surface area contributed by atoms with E-state index < -0.39 is 0 Å². The van der Waals surface area contributed by atoms with Crippen molar-refractivity contribution < 1.29 is 0 Å². The maximum atomic E-state index is 5.14. The topological polar surface area (TPSA) is 117 Å². The summed E-state index contributed by atoms with van der Waals surface area (Å²) in [7, 11) is 0. The molecule has 0 aromatic carbocycles. The molecule has 0 aliphatic heterocycles. The lowest BCUT2D eigenvalue weighted by atomic mass is 10.9. The van der Waals surface area contributed by atoms with Gasteiger partial charge < -0.3 is 17.2 Å². The second-order valence-electron chi connectivity index (χ2n) is 1.41. The minimum atomic E-state index is 0.0417. The van der Waals surface area contributed by atoms with Crippen molar-refractivity contribution in [3.05, 3.63) is 52.6 Å². The van der Waals surface area contributed by atoms with Gasteiger partial charge in [-0.05, 0) is 0 Å². The second-order valence-corrected chi connectivity index (χ2v) is 1.41. The molecular weight excluding hydrogens is 216 g/mol. The number of aromatic nitrogens is 3. The van der Waals surface area contributed by atoms with Crippen LogP contribution in [0.1, 0.15) is 0 Å². The number of hydrogen-bond acceptors (Lipinski definition) is 6. The Hall–Kier alpha value is -2.63. The lowest BCUT2D eigenvalue weighted by molar-refractivity contribution is 1.09. The van der Waals surface area contributed by atoms with Gasteiger partial charge in [0, 0.05) is 0 Å². The second kappa shape index (κ2) is 23.3. The quantitative estimate of drug-likeness (QED) is 0.593. The van der Waals surface area contributed by atoms with Crippen LogP contribution in [0.3, 0.4) is 0 Å². The summed E-state index contributed by atoms with van der Waals surface area (Å²) in [6.07, 6.45) is 0. The maximum absolute atomic E-state index is 5.14. The molecule has 0 fully saturated rings. The van der Waals surface area contributed by atoms with Gasteiger partial charge >= 0.3 is 0 Å². The summed E-state index contributed by atoms with van der Waals surface area (Å²) in [4.78, 5) is 10.5. The standard InChI is InChI=1S/C3H6N6.4C2H4/c4-1-7-2(5)9-3(6)8-1;4*1-2/h(H6,4,5,6,7,8,9);4*1-2H2. The van der Waals surface area contributed by atoms with Crippen molar-refractivity contribution in [2.75, 3.05) is 17.2 Å². The van der Waals surface area contributed by atoms with Crippen LogP contribution in [0.4, 0.5) is 17.8 Å². The lowest BCUT2D eigenvalue weighted by Crippen LogP contribution is -2.05. The Balaban J connectivity index is -0.0000000905. The summed E-state index contributed by atoms with van der Waals surface area (Å²) < 4.78 is 0. The van der Waals surface area contributed by atoms with Gasteiger partial charge in [0.1, 0.15) is 0 Å². The molecular formula is C11H22N6. The molecule has 1 heterocycles. The van der Waals surface area contributed by atoms with Crippen molar-refractivity contribution in [1.82, 2.24) is 15.0 Å². The van der Waals surface area contributed by atoms with Gasteiger partial charge in [0.05, 0.1) is 0 Å². The highest BCUT2D eigenvalue weighted by Gasteiger charge is 1.93. The largest absolute Gasteiger partial charge is 0.368 e. The minimum absolute atomic E-state index is 0.0417. The van der Waals surface area contributed by atoms with Crippen LogP contribution in [0, 0.1) is 0 Å².